The first-order valence-electron chi connectivity index (χ1n) is 11.8. The molecular formula is C29H30N2O4. The second-order valence-corrected chi connectivity index (χ2v) is 9.25. The van der Waals surface area contributed by atoms with Gasteiger partial charge in [0.25, 0.3) is 11.7 Å². The van der Waals surface area contributed by atoms with Crippen LogP contribution in [0.5, 0.6) is 5.75 Å². The Morgan fingerprint density at radius 3 is 2.46 bits per heavy atom. The van der Waals surface area contributed by atoms with Crippen LogP contribution in [0.2, 0.25) is 0 Å². The molecule has 1 aliphatic rings. The molecule has 3 aromatic rings. The summed E-state index contributed by atoms with van der Waals surface area (Å²) in [4.78, 5) is 32.0. The summed E-state index contributed by atoms with van der Waals surface area (Å²) in [7, 11) is 0. The number of rotatable bonds is 8. The van der Waals surface area contributed by atoms with Crippen molar-refractivity contribution in [1.29, 1.82) is 0 Å². The number of aliphatic hydroxyl groups excluding tert-OH is 1. The van der Waals surface area contributed by atoms with Crippen LogP contribution < -0.4 is 4.74 Å². The van der Waals surface area contributed by atoms with Gasteiger partial charge in [-0.05, 0) is 54.7 Å². The number of aliphatic hydroxyl groups is 1. The Balaban J connectivity index is 1.78. The molecule has 6 heteroatoms. The molecule has 4 rings (SSSR count). The monoisotopic (exact) mass is 470 g/mol. The Morgan fingerprint density at radius 1 is 1.06 bits per heavy atom. The topological polar surface area (TPSA) is 79.7 Å². The van der Waals surface area contributed by atoms with E-state index >= 15 is 0 Å². The first-order valence-corrected chi connectivity index (χ1v) is 11.8. The average molecular weight is 471 g/mol. The number of carbonyl (C=O) groups is 2. The molecule has 0 bridgehead atoms. The largest absolute Gasteiger partial charge is 0.507 e. The summed E-state index contributed by atoms with van der Waals surface area (Å²) in [6.45, 7) is 7.00. The Kier molecular flexibility index (Phi) is 7.30. The molecule has 1 N–H and O–H groups in total. The molecule has 1 aromatic heterocycles. The van der Waals surface area contributed by atoms with Crippen molar-refractivity contribution in [2.45, 2.75) is 39.8 Å². The van der Waals surface area contributed by atoms with E-state index in [-0.39, 0.29) is 17.9 Å². The maximum atomic E-state index is 13.3. The van der Waals surface area contributed by atoms with Gasteiger partial charge in [-0.25, -0.2) is 0 Å². The molecule has 0 spiro atoms. The van der Waals surface area contributed by atoms with Crippen LogP contribution >= 0.6 is 0 Å². The van der Waals surface area contributed by atoms with Crippen molar-refractivity contribution in [1.82, 2.24) is 9.88 Å². The van der Waals surface area contributed by atoms with E-state index < -0.39 is 17.7 Å². The molecule has 1 saturated heterocycles. The predicted octanol–water partition coefficient (Wildman–Crippen LogP) is 5.44. The van der Waals surface area contributed by atoms with Crippen LogP contribution in [0, 0.1) is 12.8 Å². The summed E-state index contributed by atoms with van der Waals surface area (Å²) in [5.41, 5.74) is 3.14. The van der Waals surface area contributed by atoms with Crippen molar-refractivity contribution in [3.63, 3.8) is 0 Å². The minimum Gasteiger partial charge on any atom is -0.507 e. The lowest BCUT2D eigenvalue weighted by atomic mass is 9.94. The molecule has 0 radical (unpaired) electrons. The number of benzene rings is 2. The molecule has 0 aliphatic carbocycles. The standard InChI is InChI=1S/C29H30N2O4/c1-19(2)13-16-35-24-6-4-5-23(17-24)26-25(27(32)22-9-7-20(3)8-10-22)28(33)29(34)31(26)18-21-11-14-30-15-12-21/h4-12,14-15,17,19,26,32H,13,16,18H2,1-3H3/b27-25+. The molecule has 0 saturated carbocycles. The highest BCUT2D eigenvalue weighted by molar-refractivity contribution is 6.46. The van der Waals surface area contributed by atoms with E-state index in [2.05, 4.69) is 18.8 Å². The van der Waals surface area contributed by atoms with E-state index in [1.54, 1.807) is 24.5 Å². The number of Topliss-reactive ketones (excluding diaryl/α,β-unsaturated/α-hetero) is 1. The number of likely N-dealkylation sites (tertiary alicyclic amines) is 1. The number of pyridine rings is 1. The first-order chi connectivity index (χ1) is 16.8. The van der Waals surface area contributed by atoms with Crippen molar-refractivity contribution in [2.75, 3.05) is 6.61 Å². The van der Waals surface area contributed by atoms with Crippen LogP contribution in [0.4, 0.5) is 0 Å². The second-order valence-electron chi connectivity index (χ2n) is 9.25. The quantitative estimate of drug-likeness (QED) is 0.270. The number of aromatic nitrogens is 1. The van der Waals surface area contributed by atoms with Crippen LogP contribution in [-0.2, 0) is 16.1 Å². The van der Waals surface area contributed by atoms with E-state index in [0.29, 0.717) is 29.4 Å². The molecule has 35 heavy (non-hydrogen) atoms. The van der Waals surface area contributed by atoms with Gasteiger partial charge in [-0.15, -0.1) is 0 Å². The molecule has 1 fully saturated rings. The van der Waals surface area contributed by atoms with Gasteiger partial charge in [-0.3, -0.25) is 14.6 Å². The number of hydrogen-bond acceptors (Lipinski definition) is 5. The van der Waals surface area contributed by atoms with E-state index in [1.165, 1.54) is 4.90 Å². The van der Waals surface area contributed by atoms with Gasteiger partial charge in [0.05, 0.1) is 18.2 Å². The summed E-state index contributed by atoms with van der Waals surface area (Å²) >= 11 is 0. The summed E-state index contributed by atoms with van der Waals surface area (Å²) in [6.07, 6.45) is 4.21. The van der Waals surface area contributed by atoms with E-state index in [9.17, 15) is 14.7 Å². The van der Waals surface area contributed by atoms with Crippen LogP contribution in [0.3, 0.4) is 0 Å². The zero-order chi connectivity index (χ0) is 24.9. The number of carbonyl (C=O) groups excluding carboxylic acids is 2. The van der Waals surface area contributed by atoms with Crippen LogP contribution in [0.1, 0.15) is 48.6 Å². The zero-order valence-corrected chi connectivity index (χ0v) is 20.3. The minimum absolute atomic E-state index is 0.0761. The highest BCUT2D eigenvalue weighted by atomic mass is 16.5. The van der Waals surface area contributed by atoms with Crippen LogP contribution in [0.25, 0.3) is 5.76 Å². The lowest BCUT2D eigenvalue weighted by Gasteiger charge is -2.26. The molecule has 1 amide bonds. The number of ether oxygens (including phenoxy) is 1. The van der Waals surface area contributed by atoms with Gasteiger partial charge in [0.15, 0.2) is 0 Å². The number of aryl methyl sites for hydroxylation is 1. The lowest BCUT2D eigenvalue weighted by molar-refractivity contribution is -0.140. The number of hydrogen-bond donors (Lipinski definition) is 1. The Morgan fingerprint density at radius 2 is 1.77 bits per heavy atom. The summed E-state index contributed by atoms with van der Waals surface area (Å²) in [5, 5.41) is 11.2. The lowest BCUT2D eigenvalue weighted by Crippen LogP contribution is -2.29. The van der Waals surface area contributed by atoms with Crippen LogP contribution in [-0.4, -0.2) is 33.3 Å². The van der Waals surface area contributed by atoms with E-state index in [0.717, 1.165) is 17.5 Å². The van der Waals surface area contributed by atoms with Gasteiger partial charge in [0, 0.05) is 24.5 Å². The van der Waals surface area contributed by atoms with Gasteiger partial charge < -0.3 is 14.7 Å². The van der Waals surface area contributed by atoms with Crippen molar-refractivity contribution in [2.24, 2.45) is 5.92 Å². The number of amides is 1. The third-order valence-electron chi connectivity index (χ3n) is 6.10. The zero-order valence-electron chi connectivity index (χ0n) is 20.3. The average Bonchev–Trinajstić information content (AvgIpc) is 3.09. The molecular weight excluding hydrogens is 440 g/mol. The second kappa shape index (κ2) is 10.6. The van der Waals surface area contributed by atoms with Crippen molar-refractivity contribution >= 4 is 17.4 Å². The van der Waals surface area contributed by atoms with Gasteiger partial charge in [0.1, 0.15) is 11.5 Å². The fourth-order valence-corrected chi connectivity index (χ4v) is 4.13. The Bertz CT molecular complexity index is 1230. The molecule has 6 nitrogen and oxygen atoms in total. The smallest absolute Gasteiger partial charge is 0.295 e. The highest BCUT2D eigenvalue weighted by Crippen LogP contribution is 2.41. The SMILES string of the molecule is Cc1ccc(/C(O)=C2\C(=O)C(=O)N(Cc3ccncc3)C2c2cccc(OCCC(C)C)c2)cc1. The maximum Gasteiger partial charge on any atom is 0.295 e. The summed E-state index contributed by atoms with van der Waals surface area (Å²) in [6, 6.07) is 17.5. The van der Waals surface area contributed by atoms with Gasteiger partial charge in [-0.1, -0.05) is 55.8 Å². The maximum absolute atomic E-state index is 13.3. The van der Waals surface area contributed by atoms with Crippen molar-refractivity contribution < 1.29 is 19.4 Å². The number of nitrogens with zero attached hydrogens (tertiary/aromatic N) is 2. The summed E-state index contributed by atoms with van der Waals surface area (Å²) < 4.78 is 5.94. The molecule has 1 aliphatic heterocycles. The molecule has 2 heterocycles. The third kappa shape index (κ3) is 5.43. The first kappa shape index (κ1) is 24.2. The Labute approximate surface area is 205 Å². The fraction of sp³-hybridized carbons (Fsp3) is 0.276. The van der Waals surface area contributed by atoms with Gasteiger partial charge in [-0.2, -0.15) is 0 Å². The predicted molar refractivity (Wildman–Crippen MR) is 135 cm³/mol. The van der Waals surface area contributed by atoms with Crippen molar-refractivity contribution in [3.05, 3.63) is 101 Å². The van der Waals surface area contributed by atoms with Crippen LogP contribution in [0.15, 0.2) is 78.6 Å². The fourth-order valence-electron chi connectivity index (χ4n) is 4.13. The van der Waals surface area contributed by atoms with E-state index in [4.69, 9.17) is 4.74 Å². The molecule has 180 valence electrons. The molecule has 1 atom stereocenters. The third-order valence-corrected chi connectivity index (χ3v) is 6.10. The number of ketones is 1. The Hall–Kier alpha value is -3.93. The highest BCUT2D eigenvalue weighted by Gasteiger charge is 2.46. The molecule has 2 aromatic carbocycles. The van der Waals surface area contributed by atoms with E-state index in [1.807, 2.05) is 55.5 Å². The van der Waals surface area contributed by atoms with Gasteiger partial charge >= 0.3 is 0 Å². The normalized spacial score (nSPS) is 17.3. The minimum atomic E-state index is -0.752. The summed E-state index contributed by atoms with van der Waals surface area (Å²) in [5.74, 6) is -0.357. The van der Waals surface area contributed by atoms with Gasteiger partial charge in [0.2, 0.25) is 0 Å². The molecule has 1 unspecified atom stereocenters. The van der Waals surface area contributed by atoms with Crippen molar-refractivity contribution in [3.8, 4) is 5.75 Å².